The number of hydrogen-bond donors (Lipinski definition) is 2. The molecule has 33 heavy (non-hydrogen) atoms. The van der Waals surface area contributed by atoms with Crippen LogP contribution >= 0.6 is 0 Å². The second-order valence-electron chi connectivity index (χ2n) is 8.56. The first kappa shape index (κ1) is 24.6. The number of amides is 2. The van der Waals surface area contributed by atoms with E-state index in [1.807, 2.05) is 25.7 Å². The molecule has 0 aliphatic carbocycles. The molecule has 1 aliphatic rings. The minimum absolute atomic E-state index is 0.0515. The maximum Gasteiger partial charge on any atom is 0.265 e. The molecule has 178 valence electrons. The van der Waals surface area contributed by atoms with Gasteiger partial charge in [0.15, 0.2) is 0 Å². The maximum atomic E-state index is 13.0. The number of carbonyl (C=O) groups excluding carboxylic acids is 2. The summed E-state index contributed by atoms with van der Waals surface area (Å²) in [7, 11) is -2.60. The molecule has 1 fully saturated rings. The lowest BCUT2D eigenvalue weighted by atomic mass is 10.0. The van der Waals surface area contributed by atoms with Crippen LogP contribution in [0.1, 0.15) is 42.6 Å². The lowest BCUT2D eigenvalue weighted by molar-refractivity contribution is -0.135. The fourth-order valence-electron chi connectivity index (χ4n) is 3.74. The SMILES string of the molecule is COc1ccc(C(=O)NC2CCN(C(=O)C(C)C)CC2)cc1S(=O)(=O)Nc1ccc(C)cc1. The number of hydrogen-bond acceptors (Lipinski definition) is 5. The van der Waals surface area contributed by atoms with Gasteiger partial charge in [0.2, 0.25) is 5.91 Å². The zero-order valence-electron chi connectivity index (χ0n) is 19.4. The summed E-state index contributed by atoms with van der Waals surface area (Å²) in [6.45, 7) is 6.84. The summed E-state index contributed by atoms with van der Waals surface area (Å²) >= 11 is 0. The summed E-state index contributed by atoms with van der Waals surface area (Å²) in [5, 5.41) is 2.96. The van der Waals surface area contributed by atoms with Crippen LogP contribution in [0.2, 0.25) is 0 Å². The highest BCUT2D eigenvalue weighted by Gasteiger charge is 2.26. The van der Waals surface area contributed by atoms with Gasteiger partial charge in [0, 0.05) is 36.3 Å². The second-order valence-corrected chi connectivity index (χ2v) is 10.2. The van der Waals surface area contributed by atoms with Crippen LogP contribution in [0.5, 0.6) is 5.75 Å². The van der Waals surface area contributed by atoms with Crippen LogP contribution in [-0.4, -0.2) is 51.4 Å². The quantitative estimate of drug-likeness (QED) is 0.643. The molecule has 0 atom stereocenters. The average Bonchev–Trinajstić information content (AvgIpc) is 2.80. The number of likely N-dealkylation sites (tertiary alicyclic amines) is 1. The van der Waals surface area contributed by atoms with Crippen LogP contribution in [-0.2, 0) is 14.8 Å². The van der Waals surface area contributed by atoms with Gasteiger partial charge in [-0.3, -0.25) is 14.3 Å². The smallest absolute Gasteiger partial charge is 0.265 e. The van der Waals surface area contributed by atoms with Crippen LogP contribution in [0, 0.1) is 12.8 Å². The van der Waals surface area contributed by atoms with E-state index >= 15 is 0 Å². The van der Waals surface area contributed by atoms with E-state index in [2.05, 4.69) is 10.0 Å². The summed E-state index contributed by atoms with van der Waals surface area (Å²) in [5.74, 6) is -0.153. The van der Waals surface area contributed by atoms with Crippen molar-refractivity contribution in [3.8, 4) is 5.75 Å². The molecule has 3 rings (SSSR count). The molecule has 0 saturated carbocycles. The third-order valence-corrected chi connectivity index (χ3v) is 7.06. The first-order valence-corrected chi connectivity index (χ1v) is 12.5. The lowest BCUT2D eigenvalue weighted by Crippen LogP contribution is -2.47. The van der Waals surface area contributed by atoms with Crippen molar-refractivity contribution in [2.24, 2.45) is 5.92 Å². The molecule has 0 spiro atoms. The molecule has 8 nitrogen and oxygen atoms in total. The predicted octanol–water partition coefficient (Wildman–Crippen LogP) is 3.18. The van der Waals surface area contributed by atoms with Crippen molar-refractivity contribution >= 4 is 27.5 Å². The van der Waals surface area contributed by atoms with E-state index < -0.39 is 10.0 Å². The second kappa shape index (κ2) is 10.2. The van der Waals surface area contributed by atoms with E-state index in [0.717, 1.165) is 5.56 Å². The Morgan fingerprint density at radius 2 is 1.70 bits per heavy atom. The first-order valence-electron chi connectivity index (χ1n) is 11.0. The van der Waals surface area contributed by atoms with Crippen LogP contribution in [0.25, 0.3) is 0 Å². The summed E-state index contributed by atoms with van der Waals surface area (Å²) in [6.07, 6.45) is 1.31. The van der Waals surface area contributed by atoms with Gasteiger partial charge < -0.3 is 15.0 Å². The molecule has 1 saturated heterocycles. The average molecular weight is 474 g/mol. The molecule has 0 radical (unpaired) electrons. The fourth-order valence-corrected chi connectivity index (χ4v) is 4.99. The Kier molecular flexibility index (Phi) is 7.63. The highest BCUT2D eigenvalue weighted by Crippen LogP contribution is 2.27. The van der Waals surface area contributed by atoms with Gasteiger partial charge >= 0.3 is 0 Å². The van der Waals surface area contributed by atoms with Crippen molar-refractivity contribution in [2.75, 3.05) is 24.9 Å². The van der Waals surface area contributed by atoms with E-state index in [9.17, 15) is 18.0 Å². The molecule has 1 aliphatic heterocycles. The molecule has 0 unspecified atom stereocenters. The highest BCUT2D eigenvalue weighted by molar-refractivity contribution is 7.92. The van der Waals surface area contributed by atoms with Gasteiger partial charge in [0.25, 0.3) is 15.9 Å². The number of piperidine rings is 1. The number of sulfonamides is 1. The standard InChI is InChI=1S/C24H31N3O5S/c1-16(2)24(29)27-13-11-19(12-14-27)25-23(28)18-7-10-21(32-4)22(15-18)33(30,31)26-20-8-5-17(3)6-9-20/h5-10,15-16,19,26H,11-14H2,1-4H3,(H,25,28). The largest absolute Gasteiger partial charge is 0.495 e. The minimum Gasteiger partial charge on any atom is -0.495 e. The number of nitrogens with zero attached hydrogens (tertiary/aromatic N) is 1. The number of carbonyl (C=O) groups is 2. The Morgan fingerprint density at radius 3 is 2.27 bits per heavy atom. The topological polar surface area (TPSA) is 105 Å². The number of aryl methyl sites for hydroxylation is 1. The molecule has 2 amide bonds. The molecule has 2 aromatic rings. The number of nitrogens with one attached hydrogen (secondary N) is 2. The van der Waals surface area contributed by atoms with Crippen LogP contribution < -0.4 is 14.8 Å². The number of methoxy groups -OCH3 is 1. The first-order chi connectivity index (χ1) is 15.6. The molecule has 1 heterocycles. The molecule has 2 N–H and O–H groups in total. The zero-order valence-corrected chi connectivity index (χ0v) is 20.2. The molecular weight excluding hydrogens is 442 g/mol. The van der Waals surface area contributed by atoms with Crippen molar-refractivity contribution in [2.45, 2.75) is 44.6 Å². The van der Waals surface area contributed by atoms with Gasteiger partial charge in [-0.1, -0.05) is 31.5 Å². The maximum absolute atomic E-state index is 13.0. The Morgan fingerprint density at radius 1 is 1.06 bits per heavy atom. The van der Waals surface area contributed by atoms with Crippen molar-refractivity contribution in [1.29, 1.82) is 0 Å². The monoisotopic (exact) mass is 473 g/mol. The molecule has 0 bridgehead atoms. The number of rotatable bonds is 7. The molecular formula is C24H31N3O5S. The van der Waals surface area contributed by atoms with Crippen molar-refractivity contribution in [3.05, 3.63) is 53.6 Å². The normalized spacial score (nSPS) is 14.8. The van der Waals surface area contributed by atoms with Crippen molar-refractivity contribution in [1.82, 2.24) is 10.2 Å². The summed E-state index contributed by atoms with van der Waals surface area (Å²) in [5.41, 5.74) is 1.65. The van der Waals surface area contributed by atoms with Crippen molar-refractivity contribution in [3.63, 3.8) is 0 Å². The highest BCUT2D eigenvalue weighted by atomic mass is 32.2. The van der Waals surface area contributed by atoms with Gasteiger partial charge in [-0.05, 0) is 50.1 Å². The Labute approximate surface area is 195 Å². The summed E-state index contributed by atoms with van der Waals surface area (Å²) in [6, 6.07) is 11.2. The van der Waals surface area contributed by atoms with Crippen LogP contribution in [0.3, 0.4) is 0 Å². The van der Waals surface area contributed by atoms with E-state index in [1.54, 1.807) is 24.3 Å². The number of anilines is 1. The van der Waals surface area contributed by atoms with Crippen LogP contribution in [0.15, 0.2) is 47.4 Å². The van der Waals surface area contributed by atoms with Crippen LogP contribution in [0.4, 0.5) is 5.69 Å². The van der Waals surface area contributed by atoms with Gasteiger partial charge in [-0.15, -0.1) is 0 Å². The number of benzene rings is 2. The third-order valence-electron chi connectivity index (χ3n) is 5.65. The zero-order chi connectivity index (χ0) is 24.2. The fraction of sp³-hybridized carbons (Fsp3) is 0.417. The van der Waals surface area contributed by atoms with E-state index in [1.165, 1.54) is 25.3 Å². The van der Waals surface area contributed by atoms with Crippen molar-refractivity contribution < 1.29 is 22.7 Å². The van der Waals surface area contributed by atoms with Gasteiger partial charge in [-0.2, -0.15) is 0 Å². The Bertz CT molecular complexity index is 1110. The molecule has 9 heteroatoms. The molecule has 0 aromatic heterocycles. The lowest BCUT2D eigenvalue weighted by Gasteiger charge is -2.33. The minimum atomic E-state index is -3.98. The van der Waals surface area contributed by atoms with E-state index in [-0.39, 0.29) is 40.0 Å². The summed E-state index contributed by atoms with van der Waals surface area (Å²) in [4.78, 5) is 26.7. The Balaban J connectivity index is 1.73. The number of ether oxygens (including phenoxy) is 1. The van der Waals surface area contributed by atoms with Gasteiger partial charge in [0.05, 0.1) is 7.11 Å². The van der Waals surface area contributed by atoms with Gasteiger partial charge in [0.1, 0.15) is 10.6 Å². The Hall–Kier alpha value is -3.07. The molecule has 2 aromatic carbocycles. The van der Waals surface area contributed by atoms with E-state index in [0.29, 0.717) is 31.6 Å². The predicted molar refractivity (Wildman–Crippen MR) is 127 cm³/mol. The van der Waals surface area contributed by atoms with Gasteiger partial charge in [-0.25, -0.2) is 8.42 Å². The summed E-state index contributed by atoms with van der Waals surface area (Å²) < 4.78 is 33.8. The third kappa shape index (κ3) is 6.04. The van der Waals surface area contributed by atoms with E-state index in [4.69, 9.17) is 4.74 Å².